The van der Waals surface area contributed by atoms with Gasteiger partial charge in [0, 0.05) is 5.92 Å². The Kier molecular flexibility index (Phi) is 8.92. The largest absolute Gasteiger partial charge is 0.303 e. The van der Waals surface area contributed by atoms with Crippen molar-refractivity contribution >= 4 is 6.29 Å². The molecule has 1 nitrogen and oxygen atoms in total. The van der Waals surface area contributed by atoms with E-state index in [0.29, 0.717) is 17.3 Å². The molecule has 3 fully saturated rings. The fourth-order valence-electron chi connectivity index (χ4n) is 7.55. The van der Waals surface area contributed by atoms with Crippen LogP contribution in [0.25, 0.3) is 0 Å². The van der Waals surface area contributed by atoms with E-state index in [0.717, 1.165) is 17.8 Å². The Bertz CT molecular complexity index is 433. The minimum Gasteiger partial charge on any atom is -0.303 e. The summed E-state index contributed by atoms with van der Waals surface area (Å²) in [5, 5.41) is 0. The molecule has 3 saturated carbocycles. The summed E-state index contributed by atoms with van der Waals surface area (Å²) < 4.78 is 0. The van der Waals surface area contributed by atoms with Crippen LogP contribution < -0.4 is 0 Å². The second-order valence-electron chi connectivity index (χ2n) is 10.9. The number of aldehydes is 1. The zero-order chi connectivity index (χ0) is 19.8. The Morgan fingerprint density at radius 3 is 2.07 bits per heavy atom. The summed E-state index contributed by atoms with van der Waals surface area (Å²) in [6.45, 7) is 4.68. The van der Waals surface area contributed by atoms with Crippen molar-refractivity contribution < 1.29 is 4.79 Å². The van der Waals surface area contributed by atoms with E-state index in [1.165, 1.54) is 122 Å². The summed E-state index contributed by atoms with van der Waals surface area (Å²) in [7, 11) is 0. The fourth-order valence-corrected chi connectivity index (χ4v) is 7.55. The minimum atomic E-state index is 0.366. The summed E-state index contributed by atoms with van der Waals surface area (Å²) in [6.07, 6.45) is 26.5. The first-order valence-electron chi connectivity index (χ1n) is 13.2. The van der Waals surface area contributed by atoms with Gasteiger partial charge in [-0.15, -0.1) is 0 Å². The zero-order valence-electron chi connectivity index (χ0n) is 19.1. The molecule has 0 aliphatic heterocycles. The van der Waals surface area contributed by atoms with Crippen LogP contribution in [0, 0.1) is 35.0 Å². The Morgan fingerprint density at radius 1 is 0.821 bits per heavy atom. The van der Waals surface area contributed by atoms with Crippen LogP contribution in [-0.4, -0.2) is 6.29 Å². The molecule has 3 aliphatic rings. The van der Waals surface area contributed by atoms with Gasteiger partial charge in [-0.1, -0.05) is 78.1 Å². The maximum atomic E-state index is 12.6. The molecule has 0 N–H and O–H groups in total. The van der Waals surface area contributed by atoms with Gasteiger partial charge in [-0.25, -0.2) is 0 Å². The van der Waals surface area contributed by atoms with Crippen molar-refractivity contribution in [1.29, 1.82) is 0 Å². The van der Waals surface area contributed by atoms with E-state index < -0.39 is 0 Å². The maximum Gasteiger partial charge on any atom is 0.123 e. The van der Waals surface area contributed by atoms with Crippen LogP contribution in [0.15, 0.2) is 0 Å². The van der Waals surface area contributed by atoms with Crippen LogP contribution in [0.3, 0.4) is 0 Å². The Balaban J connectivity index is 1.67. The molecule has 1 unspecified atom stereocenters. The molecular formula is C27H48O. The van der Waals surface area contributed by atoms with Crippen LogP contribution in [-0.2, 0) is 4.79 Å². The summed E-state index contributed by atoms with van der Waals surface area (Å²) in [5.74, 6) is 3.79. The van der Waals surface area contributed by atoms with E-state index in [1.54, 1.807) is 0 Å². The molecule has 162 valence electrons. The van der Waals surface area contributed by atoms with Gasteiger partial charge in [-0.05, 0) is 80.5 Å². The number of hydrogen-bond acceptors (Lipinski definition) is 1. The summed E-state index contributed by atoms with van der Waals surface area (Å²) in [6, 6.07) is 0. The number of carbonyl (C=O) groups is 1. The van der Waals surface area contributed by atoms with Crippen molar-refractivity contribution in [3.8, 4) is 0 Å². The molecule has 3 aliphatic carbocycles. The SMILES string of the molecule is CCCCCC1CCC(C(C=O)[C@]2(C3CCCCC3)CC[C@H](CC)CC2)CC1. The van der Waals surface area contributed by atoms with E-state index in [9.17, 15) is 4.79 Å². The maximum absolute atomic E-state index is 12.6. The lowest BCUT2D eigenvalue weighted by Gasteiger charge is -2.53. The topological polar surface area (TPSA) is 17.1 Å². The van der Waals surface area contributed by atoms with Crippen LogP contribution in [0.5, 0.6) is 0 Å². The smallest absolute Gasteiger partial charge is 0.123 e. The first-order chi connectivity index (χ1) is 13.7. The quantitative estimate of drug-likeness (QED) is 0.286. The van der Waals surface area contributed by atoms with Gasteiger partial charge in [0.1, 0.15) is 6.29 Å². The van der Waals surface area contributed by atoms with Gasteiger partial charge in [0.2, 0.25) is 0 Å². The third kappa shape index (κ3) is 5.23. The molecule has 0 bridgehead atoms. The lowest BCUT2D eigenvalue weighted by atomic mass is 9.51. The molecule has 0 heterocycles. The lowest BCUT2D eigenvalue weighted by Crippen LogP contribution is -2.46. The lowest BCUT2D eigenvalue weighted by molar-refractivity contribution is -0.125. The van der Waals surface area contributed by atoms with Crippen LogP contribution in [0.2, 0.25) is 0 Å². The predicted octanol–water partition coefficient (Wildman–Crippen LogP) is 8.36. The molecular weight excluding hydrogens is 340 g/mol. The summed E-state index contributed by atoms with van der Waals surface area (Å²) in [4.78, 5) is 12.6. The van der Waals surface area contributed by atoms with Crippen molar-refractivity contribution in [3.63, 3.8) is 0 Å². The highest BCUT2D eigenvalue weighted by Crippen LogP contribution is 2.57. The van der Waals surface area contributed by atoms with Gasteiger partial charge in [-0.3, -0.25) is 0 Å². The normalized spacial score (nSPS) is 36.1. The number of hydrogen-bond donors (Lipinski definition) is 0. The molecule has 0 aromatic carbocycles. The zero-order valence-corrected chi connectivity index (χ0v) is 19.1. The van der Waals surface area contributed by atoms with Gasteiger partial charge in [0.25, 0.3) is 0 Å². The van der Waals surface area contributed by atoms with Crippen molar-refractivity contribution in [3.05, 3.63) is 0 Å². The van der Waals surface area contributed by atoms with Crippen molar-refractivity contribution in [2.75, 3.05) is 0 Å². The first-order valence-corrected chi connectivity index (χ1v) is 13.2. The second-order valence-corrected chi connectivity index (χ2v) is 10.9. The number of rotatable bonds is 9. The third-order valence-electron chi connectivity index (χ3n) is 9.46. The van der Waals surface area contributed by atoms with E-state index in [1.807, 2.05) is 0 Å². The Morgan fingerprint density at radius 2 is 1.50 bits per heavy atom. The Hall–Kier alpha value is -0.330. The molecule has 0 aromatic heterocycles. The van der Waals surface area contributed by atoms with E-state index in [4.69, 9.17) is 0 Å². The third-order valence-corrected chi connectivity index (χ3v) is 9.46. The summed E-state index contributed by atoms with van der Waals surface area (Å²) in [5.41, 5.74) is 0.369. The van der Waals surface area contributed by atoms with Gasteiger partial charge in [0.05, 0.1) is 0 Å². The molecule has 1 atom stereocenters. The molecule has 28 heavy (non-hydrogen) atoms. The van der Waals surface area contributed by atoms with Gasteiger partial charge < -0.3 is 4.79 Å². The molecule has 0 saturated heterocycles. The fraction of sp³-hybridized carbons (Fsp3) is 0.963. The van der Waals surface area contributed by atoms with E-state index in [-0.39, 0.29) is 0 Å². The number of carbonyl (C=O) groups excluding carboxylic acids is 1. The van der Waals surface area contributed by atoms with Crippen molar-refractivity contribution in [2.45, 2.75) is 129 Å². The average Bonchev–Trinajstić information content (AvgIpc) is 2.76. The molecule has 0 amide bonds. The standard InChI is InChI=1S/C27H48O/c1-3-5-7-10-23-13-15-24(16-14-23)26(21-28)27(25-11-8-6-9-12-25)19-17-22(4-2)18-20-27/h21-26H,3-20H2,1-2H3/t22-,23?,24?,26?,27+. The van der Waals surface area contributed by atoms with Crippen molar-refractivity contribution in [1.82, 2.24) is 0 Å². The monoisotopic (exact) mass is 388 g/mol. The highest BCUT2D eigenvalue weighted by atomic mass is 16.1. The number of unbranched alkanes of at least 4 members (excludes halogenated alkanes) is 2. The molecule has 3 rings (SSSR count). The van der Waals surface area contributed by atoms with Gasteiger partial charge >= 0.3 is 0 Å². The van der Waals surface area contributed by atoms with Gasteiger partial charge in [-0.2, -0.15) is 0 Å². The van der Waals surface area contributed by atoms with E-state index in [2.05, 4.69) is 13.8 Å². The van der Waals surface area contributed by atoms with Crippen LogP contribution >= 0.6 is 0 Å². The molecule has 0 spiro atoms. The highest BCUT2D eigenvalue weighted by Gasteiger charge is 2.49. The second kappa shape index (κ2) is 11.2. The molecule has 0 aromatic rings. The summed E-state index contributed by atoms with van der Waals surface area (Å²) >= 11 is 0. The average molecular weight is 389 g/mol. The predicted molar refractivity (Wildman–Crippen MR) is 120 cm³/mol. The van der Waals surface area contributed by atoms with Crippen LogP contribution in [0.1, 0.15) is 129 Å². The minimum absolute atomic E-state index is 0.366. The molecule has 0 radical (unpaired) electrons. The molecule has 1 heteroatoms. The van der Waals surface area contributed by atoms with Crippen molar-refractivity contribution in [2.24, 2.45) is 35.0 Å². The van der Waals surface area contributed by atoms with Gasteiger partial charge in [0.15, 0.2) is 0 Å². The highest BCUT2D eigenvalue weighted by molar-refractivity contribution is 5.56. The van der Waals surface area contributed by atoms with Crippen LogP contribution in [0.4, 0.5) is 0 Å². The first kappa shape index (κ1) is 22.4. The Labute approximate surface area is 175 Å². The van der Waals surface area contributed by atoms with E-state index >= 15 is 0 Å².